The second-order valence-corrected chi connectivity index (χ2v) is 2.99. The summed E-state index contributed by atoms with van der Waals surface area (Å²) in [6, 6.07) is 4.44. The fraction of sp³-hybridized carbons (Fsp3) is 0.143. The SMILES string of the molecule is OPc1ccc(C(F)(F)F)cc1. The maximum absolute atomic E-state index is 12.0. The lowest BCUT2D eigenvalue weighted by molar-refractivity contribution is -0.137. The zero-order chi connectivity index (χ0) is 9.19. The van der Waals surface area contributed by atoms with Gasteiger partial charge in [-0.05, 0) is 17.4 Å². The molecule has 5 heteroatoms. The van der Waals surface area contributed by atoms with Gasteiger partial charge in [0.25, 0.3) is 0 Å². The van der Waals surface area contributed by atoms with E-state index >= 15 is 0 Å². The van der Waals surface area contributed by atoms with E-state index in [1.807, 2.05) is 0 Å². The lowest BCUT2D eigenvalue weighted by Crippen LogP contribution is -2.06. The van der Waals surface area contributed by atoms with E-state index in [-0.39, 0.29) is 0 Å². The van der Waals surface area contributed by atoms with Crippen LogP contribution in [-0.2, 0) is 6.18 Å². The van der Waals surface area contributed by atoms with E-state index < -0.39 is 20.5 Å². The molecular weight excluding hydrogens is 188 g/mol. The van der Waals surface area contributed by atoms with Gasteiger partial charge in [0.05, 0.1) is 5.56 Å². The predicted octanol–water partition coefficient (Wildman–Crippen LogP) is 1.92. The zero-order valence-corrected chi connectivity index (χ0v) is 6.89. The van der Waals surface area contributed by atoms with Crippen LogP contribution in [0.3, 0.4) is 0 Å². The zero-order valence-electron chi connectivity index (χ0n) is 5.89. The average molecular weight is 194 g/mol. The van der Waals surface area contributed by atoms with E-state index in [4.69, 9.17) is 4.89 Å². The number of alkyl halides is 3. The van der Waals surface area contributed by atoms with Crippen LogP contribution < -0.4 is 5.30 Å². The molecule has 66 valence electrons. The van der Waals surface area contributed by atoms with Gasteiger partial charge in [-0.25, -0.2) is 0 Å². The number of halogens is 3. The lowest BCUT2D eigenvalue weighted by atomic mass is 10.2. The molecule has 0 amide bonds. The molecule has 1 nitrogen and oxygen atoms in total. The van der Waals surface area contributed by atoms with Crippen molar-refractivity contribution >= 4 is 14.1 Å². The minimum atomic E-state index is -4.29. The first-order valence-electron chi connectivity index (χ1n) is 3.11. The Morgan fingerprint density at radius 3 is 1.92 bits per heavy atom. The summed E-state index contributed by atoms with van der Waals surface area (Å²) in [5.41, 5.74) is -0.690. The molecule has 0 aliphatic rings. The molecule has 12 heavy (non-hydrogen) atoms. The summed E-state index contributed by atoms with van der Waals surface area (Å²) < 4.78 is 35.9. The highest BCUT2D eigenvalue weighted by molar-refractivity contribution is 7.40. The molecule has 0 saturated heterocycles. The van der Waals surface area contributed by atoms with E-state index in [0.29, 0.717) is 5.30 Å². The van der Waals surface area contributed by atoms with Gasteiger partial charge in [0.15, 0.2) is 0 Å². The maximum atomic E-state index is 12.0. The first-order chi connectivity index (χ1) is 5.54. The van der Waals surface area contributed by atoms with Crippen molar-refractivity contribution < 1.29 is 18.1 Å². The summed E-state index contributed by atoms with van der Waals surface area (Å²) in [6.45, 7) is 0. The van der Waals surface area contributed by atoms with Crippen LogP contribution in [-0.4, -0.2) is 4.89 Å². The third-order valence-corrected chi connectivity index (χ3v) is 1.93. The van der Waals surface area contributed by atoms with Gasteiger partial charge < -0.3 is 4.89 Å². The average Bonchev–Trinajstić information content (AvgIpc) is 2.03. The summed E-state index contributed by atoms with van der Waals surface area (Å²) in [5.74, 6) is 0. The quantitative estimate of drug-likeness (QED) is 0.677. The van der Waals surface area contributed by atoms with Crippen LogP contribution >= 0.6 is 8.81 Å². The van der Waals surface area contributed by atoms with E-state index in [1.54, 1.807) is 0 Å². The van der Waals surface area contributed by atoms with Crippen LogP contribution in [0.1, 0.15) is 5.56 Å². The van der Waals surface area contributed by atoms with Crippen molar-refractivity contribution in [2.24, 2.45) is 0 Å². The highest BCUT2D eigenvalue weighted by Crippen LogP contribution is 2.28. The smallest absolute Gasteiger partial charge is 0.372 e. The third-order valence-electron chi connectivity index (χ3n) is 1.34. The van der Waals surface area contributed by atoms with Crippen molar-refractivity contribution in [1.29, 1.82) is 0 Å². The van der Waals surface area contributed by atoms with Crippen molar-refractivity contribution in [2.75, 3.05) is 0 Å². The standard InChI is InChI=1S/C7H6F3OP/c8-7(9,10)5-1-3-6(12-11)4-2-5/h1-4,11-12H. The highest BCUT2D eigenvalue weighted by Gasteiger charge is 2.29. The van der Waals surface area contributed by atoms with E-state index in [2.05, 4.69) is 0 Å². The molecule has 0 aliphatic heterocycles. The predicted molar refractivity (Wildman–Crippen MR) is 41.6 cm³/mol. The van der Waals surface area contributed by atoms with Crippen molar-refractivity contribution in [3.8, 4) is 0 Å². The Bertz CT molecular complexity index is 254. The Balaban J connectivity index is 2.93. The van der Waals surface area contributed by atoms with Crippen molar-refractivity contribution in [3.63, 3.8) is 0 Å². The fourth-order valence-electron chi connectivity index (χ4n) is 0.734. The van der Waals surface area contributed by atoms with Gasteiger partial charge >= 0.3 is 6.18 Å². The van der Waals surface area contributed by atoms with E-state index in [1.165, 1.54) is 12.1 Å². The van der Waals surface area contributed by atoms with Gasteiger partial charge in [0, 0.05) is 8.81 Å². The summed E-state index contributed by atoms with van der Waals surface area (Å²) in [6.07, 6.45) is -4.29. The fourth-order valence-corrected chi connectivity index (χ4v) is 1.05. The molecule has 1 aromatic rings. The number of hydrogen-bond acceptors (Lipinski definition) is 1. The van der Waals surface area contributed by atoms with Crippen molar-refractivity contribution in [1.82, 2.24) is 0 Å². The molecule has 1 unspecified atom stereocenters. The van der Waals surface area contributed by atoms with Crippen LogP contribution in [0.15, 0.2) is 24.3 Å². The molecular formula is C7H6F3OP. The van der Waals surface area contributed by atoms with E-state index in [0.717, 1.165) is 12.1 Å². The monoisotopic (exact) mass is 194 g/mol. The first-order valence-corrected chi connectivity index (χ1v) is 4.06. The molecule has 1 N–H and O–H groups in total. The summed E-state index contributed by atoms with van der Waals surface area (Å²) in [4.78, 5) is 8.58. The minimum absolute atomic E-state index is 0.458. The van der Waals surface area contributed by atoms with Gasteiger partial charge in [-0.15, -0.1) is 0 Å². The summed E-state index contributed by atoms with van der Waals surface area (Å²) in [5, 5.41) is 0.503. The molecule has 0 spiro atoms. The first kappa shape index (κ1) is 9.49. The molecule has 0 aliphatic carbocycles. The summed E-state index contributed by atoms with van der Waals surface area (Å²) in [7, 11) is -0.458. The van der Waals surface area contributed by atoms with Gasteiger partial charge in [-0.2, -0.15) is 13.2 Å². The molecule has 0 radical (unpaired) electrons. The van der Waals surface area contributed by atoms with Gasteiger partial charge in [0.2, 0.25) is 0 Å². The Morgan fingerprint density at radius 2 is 1.58 bits per heavy atom. The number of rotatable bonds is 1. The Morgan fingerprint density at radius 1 is 1.08 bits per heavy atom. The van der Waals surface area contributed by atoms with Crippen LogP contribution in [0.4, 0.5) is 13.2 Å². The minimum Gasteiger partial charge on any atom is -0.372 e. The second kappa shape index (κ2) is 3.42. The third kappa shape index (κ3) is 2.19. The normalized spacial score (nSPS) is 12.7. The molecule has 0 bridgehead atoms. The van der Waals surface area contributed by atoms with Crippen molar-refractivity contribution in [2.45, 2.75) is 6.18 Å². The number of benzene rings is 1. The largest absolute Gasteiger partial charge is 0.416 e. The van der Waals surface area contributed by atoms with Gasteiger partial charge in [-0.3, -0.25) is 0 Å². The van der Waals surface area contributed by atoms with Gasteiger partial charge in [0.1, 0.15) is 0 Å². The van der Waals surface area contributed by atoms with Crippen LogP contribution in [0.2, 0.25) is 0 Å². The molecule has 0 heterocycles. The second-order valence-electron chi connectivity index (χ2n) is 2.19. The van der Waals surface area contributed by atoms with Crippen LogP contribution in [0.5, 0.6) is 0 Å². The Labute approximate surface area is 69.1 Å². The highest BCUT2D eigenvalue weighted by atomic mass is 31.1. The maximum Gasteiger partial charge on any atom is 0.416 e. The molecule has 1 atom stereocenters. The van der Waals surface area contributed by atoms with Crippen LogP contribution in [0.25, 0.3) is 0 Å². The lowest BCUT2D eigenvalue weighted by Gasteiger charge is -2.05. The molecule has 1 rings (SSSR count). The Hall–Kier alpha value is -0.600. The summed E-state index contributed by atoms with van der Waals surface area (Å²) >= 11 is 0. The molecule has 0 aromatic heterocycles. The Kier molecular flexibility index (Phi) is 2.70. The van der Waals surface area contributed by atoms with Crippen molar-refractivity contribution in [3.05, 3.63) is 29.8 Å². The molecule has 1 aromatic carbocycles. The van der Waals surface area contributed by atoms with E-state index in [9.17, 15) is 13.2 Å². The molecule has 0 saturated carbocycles. The number of hydrogen-bond donors (Lipinski definition) is 1. The van der Waals surface area contributed by atoms with Crippen LogP contribution in [0, 0.1) is 0 Å². The topological polar surface area (TPSA) is 20.2 Å². The van der Waals surface area contributed by atoms with Gasteiger partial charge in [-0.1, -0.05) is 12.1 Å². The molecule has 0 fully saturated rings.